The molecule has 1 aliphatic rings. The summed E-state index contributed by atoms with van der Waals surface area (Å²) in [5.74, 6) is -0.0280. The molecule has 1 unspecified atom stereocenters. The van der Waals surface area contributed by atoms with Gasteiger partial charge in [0.2, 0.25) is 0 Å². The summed E-state index contributed by atoms with van der Waals surface area (Å²) >= 11 is 0. The van der Waals surface area contributed by atoms with E-state index in [1.54, 1.807) is 0 Å². The number of carbonyl (C=O) groups excluding carboxylic acids is 1. The molecule has 0 aromatic rings. The Hall–Kier alpha value is -0.790. The van der Waals surface area contributed by atoms with Gasteiger partial charge in [0.25, 0.3) is 0 Å². The van der Waals surface area contributed by atoms with Gasteiger partial charge in [-0.25, -0.2) is 0 Å². The van der Waals surface area contributed by atoms with E-state index in [4.69, 9.17) is 4.74 Å². The van der Waals surface area contributed by atoms with Gasteiger partial charge in [-0.1, -0.05) is 45.4 Å². The van der Waals surface area contributed by atoms with E-state index >= 15 is 0 Å². The van der Waals surface area contributed by atoms with Crippen molar-refractivity contribution < 1.29 is 9.53 Å². The van der Waals surface area contributed by atoms with Crippen molar-refractivity contribution in [1.82, 2.24) is 0 Å². The Morgan fingerprint density at radius 3 is 2.57 bits per heavy atom. The molecule has 0 amide bonds. The zero-order chi connectivity index (χ0) is 10.2. The standard InChI is InChI=1S/C12H20O2/c1-2-3-4-5-6-7-8-11-9-10-14-12(11)13/h9-11H,2-8H2,1H3. The van der Waals surface area contributed by atoms with Crippen LogP contribution in [0.5, 0.6) is 0 Å². The van der Waals surface area contributed by atoms with Crippen LogP contribution in [0.1, 0.15) is 51.9 Å². The molecule has 1 rings (SSSR count). The first kappa shape index (κ1) is 11.3. The maximum absolute atomic E-state index is 11.1. The van der Waals surface area contributed by atoms with Gasteiger partial charge in [0.05, 0.1) is 12.2 Å². The summed E-state index contributed by atoms with van der Waals surface area (Å²) < 4.78 is 4.74. The van der Waals surface area contributed by atoms with E-state index in [0.717, 1.165) is 12.8 Å². The summed E-state index contributed by atoms with van der Waals surface area (Å²) in [5.41, 5.74) is 0. The summed E-state index contributed by atoms with van der Waals surface area (Å²) in [6.45, 7) is 2.22. The average molecular weight is 196 g/mol. The Morgan fingerprint density at radius 2 is 1.93 bits per heavy atom. The number of rotatable bonds is 7. The first-order valence-corrected chi connectivity index (χ1v) is 5.71. The summed E-state index contributed by atoms with van der Waals surface area (Å²) in [7, 11) is 0. The molecular formula is C12H20O2. The zero-order valence-corrected chi connectivity index (χ0v) is 9.00. The van der Waals surface area contributed by atoms with E-state index in [0.29, 0.717) is 0 Å². The lowest BCUT2D eigenvalue weighted by Gasteiger charge is -2.04. The molecule has 0 aliphatic carbocycles. The highest BCUT2D eigenvalue weighted by molar-refractivity contribution is 5.77. The highest BCUT2D eigenvalue weighted by Gasteiger charge is 2.20. The van der Waals surface area contributed by atoms with E-state index in [9.17, 15) is 4.79 Å². The Bertz CT molecular complexity index is 196. The minimum atomic E-state index is -0.0708. The van der Waals surface area contributed by atoms with Crippen molar-refractivity contribution in [2.24, 2.45) is 5.92 Å². The zero-order valence-electron chi connectivity index (χ0n) is 9.00. The van der Waals surface area contributed by atoms with Gasteiger partial charge in [-0.3, -0.25) is 4.79 Å². The molecule has 0 saturated heterocycles. The third-order valence-electron chi connectivity index (χ3n) is 2.67. The molecule has 2 heteroatoms. The number of hydrogen-bond donors (Lipinski definition) is 0. The topological polar surface area (TPSA) is 26.3 Å². The van der Waals surface area contributed by atoms with Crippen molar-refractivity contribution in [3.63, 3.8) is 0 Å². The molecule has 2 nitrogen and oxygen atoms in total. The van der Waals surface area contributed by atoms with E-state index in [1.165, 1.54) is 38.4 Å². The van der Waals surface area contributed by atoms with Crippen molar-refractivity contribution >= 4 is 5.97 Å². The second kappa shape index (κ2) is 6.63. The molecule has 80 valence electrons. The van der Waals surface area contributed by atoms with E-state index in [2.05, 4.69) is 6.92 Å². The lowest BCUT2D eigenvalue weighted by molar-refractivity contribution is -0.139. The van der Waals surface area contributed by atoms with Crippen LogP contribution in [-0.2, 0) is 9.53 Å². The van der Waals surface area contributed by atoms with Crippen LogP contribution < -0.4 is 0 Å². The number of esters is 1. The summed E-state index contributed by atoms with van der Waals surface area (Å²) in [6.07, 6.45) is 12.0. The van der Waals surface area contributed by atoms with Crippen LogP contribution in [0.4, 0.5) is 0 Å². The molecular weight excluding hydrogens is 176 g/mol. The van der Waals surface area contributed by atoms with E-state index in [1.807, 2.05) is 6.08 Å². The predicted molar refractivity (Wildman–Crippen MR) is 56.7 cm³/mol. The lowest BCUT2D eigenvalue weighted by Crippen LogP contribution is -2.07. The average Bonchev–Trinajstić information content (AvgIpc) is 2.58. The Kier molecular flexibility index (Phi) is 5.35. The molecule has 1 heterocycles. The molecule has 0 radical (unpaired) electrons. The number of hydrogen-bond acceptors (Lipinski definition) is 2. The molecule has 0 fully saturated rings. The maximum atomic E-state index is 11.1. The maximum Gasteiger partial charge on any atom is 0.317 e. The van der Waals surface area contributed by atoms with Crippen molar-refractivity contribution in [2.45, 2.75) is 51.9 Å². The summed E-state index contributed by atoms with van der Waals surface area (Å²) in [5, 5.41) is 0. The van der Waals surface area contributed by atoms with Gasteiger partial charge in [-0.05, 0) is 12.5 Å². The normalized spacial score (nSPS) is 20.1. The van der Waals surface area contributed by atoms with Crippen LogP contribution in [0.25, 0.3) is 0 Å². The van der Waals surface area contributed by atoms with E-state index in [-0.39, 0.29) is 11.9 Å². The fourth-order valence-electron chi connectivity index (χ4n) is 1.73. The minimum Gasteiger partial charge on any atom is -0.434 e. The monoisotopic (exact) mass is 196 g/mol. The molecule has 0 saturated carbocycles. The van der Waals surface area contributed by atoms with Gasteiger partial charge in [-0.2, -0.15) is 0 Å². The Morgan fingerprint density at radius 1 is 1.21 bits per heavy atom. The largest absolute Gasteiger partial charge is 0.434 e. The molecule has 0 bridgehead atoms. The Balaban J connectivity index is 1.93. The SMILES string of the molecule is CCCCCCCCC1C=COC1=O. The van der Waals surface area contributed by atoms with Crippen molar-refractivity contribution in [1.29, 1.82) is 0 Å². The second-order valence-corrected chi connectivity index (χ2v) is 3.93. The van der Waals surface area contributed by atoms with Gasteiger partial charge in [0, 0.05) is 0 Å². The highest BCUT2D eigenvalue weighted by atomic mass is 16.5. The van der Waals surface area contributed by atoms with Crippen LogP contribution in [-0.4, -0.2) is 5.97 Å². The third-order valence-corrected chi connectivity index (χ3v) is 2.67. The molecule has 0 aromatic carbocycles. The minimum absolute atomic E-state index is 0.0428. The lowest BCUT2D eigenvalue weighted by atomic mass is 10.0. The molecule has 0 aromatic heterocycles. The van der Waals surface area contributed by atoms with E-state index < -0.39 is 0 Å². The fourth-order valence-corrected chi connectivity index (χ4v) is 1.73. The number of ether oxygens (including phenoxy) is 1. The first-order valence-electron chi connectivity index (χ1n) is 5.71. The summed E-state index contributed by atoms with van der Waals surface area (Å²) in [6, 6.07) is 0. The molecule has 1 aliphatic heterocycles. The fraction of sp³-hybridized carbons (Fsp3) is 0.750. The van der Waals surface area contributed by atoms with Crippen LogP contribution in [0.15, 0.2) is 12.3 Å². The van der Waals surface area contributed by atoms with Crippen LogP contribution >= 0.6 is 0 Å². The van der Waals surface area contributed by atoms with Crippen LogP contribution in [0.3, 0.4) is 0 Å². The van der Waals surface area contributed by atoms with Crippen molar-refractivity contribution in [2.75, 3.05) is 0 Å². The van der Waals surface area contributed by atoms with Crippen LogP contribution in [0.2, 0.25) is 0 Å². The van der Waals surface area contributed by atoms with Gasteiger partial charge in [0.1, 0.15) is 0 Å². The Labute approximate surface area is 86.3 Å². The number of unbranched alkanes of at least 4 members (excludes halogenated alkanes) is 5. The van der Waals surface area contributed by atoms with Gasteiger partial charge in [0.15, 0.2) is 0 Å². The highest BCUT2D eigenvalue weighted by Crippen LogP contribution is 2.18. The van der Waals surface area contributed by atoms with Crippen molar-refractivity contribution in [3.8, 4) is 0 Å². The molecule has 1 atom stereocenters. The van der Waals surface area contributed by atoms with Gasteiger partial charge >= 0.3 is 5.97 Å². The first-order chi connectivity index (χ1) is 6.84. The smallest absolute Gasteiger partial charge is 0.317 e. The van der Waals surface area contributed by atoms with Crippen molar-refractivity contribution in [3.05, 3.63) is 12.3 Å². The molecule has 0 spiro atoms. The molecule has 0 N–H and O–H groups in total. The quantitative estimate of drug-likeness (QED) is 0.460. The number of cyclic esters (lactones) is 1. The molecule has 14 heavy (non-hydrogen) atoms. The number of carbonyl (C=O) groups is 1. The van der Waals surface area contributed by atoms with Gasteiger partial charge in [-0.15, -0.1) is 0 Å². The van der Waals surface area contributed by atoms with Gasteiger partial charge < -0.3 is 4.74 Å². The third kappa shape index (κ3) is 3.95. The summed E-state index contributed by atoms with van der Waals surface area (Å²) in [4.78, 5) is 11.1. The predicted octanol–water partition coefficient (Wildman–Crippen LogP) is 3.42. The van der Waals surface area contributed by atoms with Crippen LogP contribution in [0, 0.1) is 5.92 Å². The second-order valence-electron chi connectivity index (χ2n) is 3.93.